The quantitative estimate of drug-likeness (QED) is 0.517. The fourth-order valence-corrected chi connectivity index (χ4v) is 5.09. The lowest BCUT2D eigenvalue weighted by molar-refractivity contribution is -0.126. The average molecular weight is 503 g/mol. The molecule has 0 saturated carbocycles. The number of carbonyl (C=O) groups excluding carboxylic acids is 2. The van der Waals surface area contributed by atoms with E-state index in [9.17, 15) is 14.0 Å². The monoisotopic (exact) mass is 502 g/mol. The number of amidine groups is 2. The number of thioether (sulfide) groups is 1. The Morgan fingerprint density at radius 3 is 2.58 bits per heavy atom. The summed E-state index contributed by atoms with van der Waals surface area (Å²) < 4.78 is 19.4. The van der Waals surface area contributed by atoms with Gasteiger partial charge in [0.15, 0.2) is 5.17 Å². The first-order chi connectivity index (χ1) is 17.5. The van der Waals surface area contributed by atoms with E-state index in [1.807, 2.05) is 48.5 Å². The van der Waals surface area contributed by atoms with Gasteiger partial charge >= 0.3 is 0 Å². The Morgan fingerprint density at radius 1 is 1.06 bits per heavy atom. The molecular weight excluding hydrogens is 479 g/mol. The topological polar surface area (TPSA) is 83.4 Å². The third-order valence-electron chi connectivity index (χ3n) is 5.95. The maximum Gasteiger partial charge on any atom is 0.271 e. The Labute approximate surface area is 212 Å². The third kappa shape index (κ3) is 4.87. The lowest BCUT2D eigenvalue weighted by Crippen LogP contribution is -2.45. The summed E-state index contributed by atoms with van der Waals surface area (Å²) in [6, 6.07) is 20.5. The molecular formula is C27H23FN4O3S. The molecule has 7 nitrogen and oxygen atoms in total. The molecule has 0 radical (unpaired) electrons. The van der Waals surface area contributed by atoms with Crippen molar-refractivity contribution in [2.75, 3.05) is 7.11 Å². The van der Waals surface area contributed by atoms with Crippen LogP contribution in [0.3, 0.4) is 0 Å². The van der Waals surface area contributed by atoms with E-state index in [0.29, 0.717) is 34.6 Å². The van der Waals surface area contributed by atoms with Crippen LogP contribution in [0.15, 0.2) is 82.8 Å². The SMILES string of the molecule is COc1ccc(CNC(=O)CC2C(=O)N=C3c4ccccc4N=C(SCc4ccccc4F)N32)cc1. The van der Waals surface area contributed by atoms with Crippen LogP contribution >= 0.6 is 11.8 Å². The van der Waals surface area contributed by atoms with Crippen molar-refractivity contribution in [2.45, 2.75) is 24.8 Å². The molecule has 0 bridgehead atoms. The van der Waals surface area contributed by atoms with Gasteiger partial charge in [-0.05, 0) is 41.5 Å². The zero-order valence-corrected chi connectivity index (χ0v) is 20.3. The molecule has 1 N–H and O–H groups in total. The number of para-hydroxylation sites is 1. The van der Waals surface area contributed by atoms with Crippen molar-refractivity contribution < 1.29 is 18.7 Å². The molecule has 5 rings (SSSR count). The van der Waals surface area contributed by atoms with Crippen LogP contribution in [0.25, 0.3) is 0 Å². The number of nitrogens with one attached hydrogen (secondary N) is 1. The van der Waals surface area contributed by atoms with E-state index in [1.165, 1.54) is 17.8 Å². The summed E-state index contributed by atoms with van der Waals surface area (Å²) in [7, 11) is 1.59. The minimum atomic E-state index is -0.823. The number of benzene rings is 3. The second-order valence-corrected chi connectivity index (χ2v) is 9.22. The number of rotatable bonds is 7. The number of hydrogen-bond donors (Lipinski definition) is 1. The molecule has 3 aromatic rings. The lowest BCUT2D eigenvalue weighted by Gasteiger charge is -2.30. The molecule has 182 valence electrons. The summed E-state index contributed by atoms with van der Waals surface area (Å²) in [5, 5.41) is 3.38. The number of halogens is 1. The zero-order chi connectivity index (χ0) is 25.1. The summed E-state index contributed by atoms with van der Waals surface area (Å²) in [5.74, 6) is 0.536. The molecule has 2 aliphatic heterocycles. The van der Waals surface area contributed by atoms with Crippen LogP contribution in [0.1, 0.15) is 23.1 Å². The summed E-state index contributed by atoms with van der Waals surface area (Å²) in [4.78, 5) is 36.5. The Balaban J connectivity index is 1.34. The fourth-order valence-electron chi connectivity index (χ4n) is 4.05. The van der Waals surface area contributed by atoms with Gasteiger partial charge in [-0.2, -0.15) is 4.99 Å². The van der Waals surface area contributed by atoms with Gasteiger partial charge in [0.2, 0.25) is 5.91 Å². The van der Waals surface area contributed by atoms with Crippen LogP contribution in [-0.4, -0.2) is 40.9 Å². The minimum absolute atomic E-state index is 0.0799. The van der Waals surface area contributed by atoms with Crippen LogP contribution in [0.4, 0.5) is 10.1 Å². The molecule has 0 aromatic heterocycles. The van der Waals surface area contributed by atoms with Gasteiger partial charge in [0.1, 0.15) is 23.4 Å². The van der Waals surface area contributed by atoms with Gasteiger partial charge in [-0.15, -0.1) is 0 Å². The Morgan fingerprint density at radius 2 is 1.81 bits per heavy atom. The Bertz CT molecular complexity index is 1370. The van der Waals surface area contributed by atoms with Gasteiger partial charge in [-0.3, -0.25) is 14.5 Å². The molecule has 1 atom stereocenters. The lowest BCUT2D eigenvalue weighted by atomic mass is 10.1. The summed E-state index contributed by atoms with van der Waals surface area (Å²) in [6.45, 7) is 0.323. The number of fused-ring (bicyclic) bond motifs is 3. The highest BCUT2D eigenvalue weighted by Crippen LogP contribution is 2.35. The van der Waals surface area contributed by atoms with E-state index in [2.05, 4.69) is 10.3 Å². The normalized spacial score (nSPS) is 16.1. The second kappa shape index (κ2) is 10.3. The first kappa shape index (κ1) is 23.7. The average Bonchev–Trinajstić information content (AvgIpc) is 3.23. The van der Waals surface area contributed by atoms with Crippen LogP contribution in [0.5, 0.6) is 5.75 Å². The molecule has 9 heteroatoms. The second-order valence-electron chi connectivity index (χ2n) is 8.28. The first-order valence-electron chi connectivity index (χ1n) is 11.4. The summed E-state index contributed by atoms with van der Waals surface area (Å²) in [6.07, 6.45) is -0.0799. The van der Waals surface area contributed by atoms with E-state index >= 15 is 0 Å². The minimum Gasteiger partial charge on any atom is -0.497 e. The number of hydrogen-bond acceptors (Lipinski definition) is 6. The molecule has 36 heavy (non-hydrogen) atoms. The smallest absolute Gasteiger partial charge is 0.271 e. The van der Waals surface area contributed by atoms with E-state index in [0.717, 1.165) is 16.9 Å². The van der Waals surface area contributed by atoms with Crippen molar-refractivity contribution >= 4 is 40.3 Å². The van der Waals surface area contributed by atoms with Crippen LogP contribution in [0.2, 0.25) is 0 Å². The van der Waals surface area contributed by atoms with Crippen molar-refractivity contribution in [2.24, 2.45) is 9.98 Å². The molecule has 0 aliphatic carbocycles. The fraction of sp³-hybridized carbons (Fsp3) is 0.185. The van der Waals surface area contributed by atoms with Gasteiger partial charge in [-0.1, -0.05) is 54.2 Å². The van der Waals surface area contributed by atoms with Gasteiger partial charge < -0.3 is 10.1 Å². The van der Waals surface area contributed by atoms with E-state index in [-0.39, 0.29) is 18.1 Å². The van der Waals surface area contributed by atoms with E-state index in [1.54, 1.807) is 30.2 Å². The molecule has 0 spiro atoms. The van der Waals surface area contributed by atoms with Crippen molar-refractivity contribution in [1.82, 2.24) is 10.2 Å². The van der Waals surface area contributed by atoms with Crippen molar-refractivity contribution in [3.63, 3.8) is 0 Å². The number of ether oxygens (including phenoxy) is 1. The summed E-state index contributed by atoms with van der Waals surface area (Å²) in [5.41, 5.74) is 2.85. The third-order valence-corrected chi connectivity index (χ3v) is 6.95. The molecule has 2 aliphatic rings. The molecule has 2 amide bonds. The number of methoxy groups -OCH3 is 1. The van der Waals surface area contributed by atoms with Crippen LogP contribution in [0, 0.1) is 5.82 Å². The number of nitrogens with zero attached hydrogens (tertiary/aromatic N) is 3. The number of aliphatic imine (C=N–C) groups is 2. The highest BCUT2D eigenvalue weighted by atomic mass is 32.2. The molecule has 0 saturated heterocycles. The van der Waals surface area contributed by atoms with Gasteiger partial charge in [0, 0.05) is 17.9 Å². The van der Waals surface area contributed by atoms with E-state index in [4.69, 9.17) is 9.73 Å². The standard InChI is InChI=1S/C27H23FN4O3S/c1-35-19-12-10-17(11-13-19)15-29-24(33)14-23-26(34)31-25-20-7-3-5-9-22(20)30-27(32(23)25)36-16-18-6-2-4-8-21(18)28/h2-13,23H,14-16H2,1H3,(H,29,33). The highest BCUT2D eigenvalue weighted by molar-refractivity contribution is 8.13. The predicted molar refractivity (Wildman–Crippen MR) is 138 cm³/mol. The molecule has 2 heterocycles. The molecule has 0 fully saturated rings. The maximum absolute atomic E-state index is 14.2. The predicted octanol–water partition coefficient (Wildman–Crippen LogP) is 4.43. The van der Waals surface area contributed by atoms with Crippen LogP contribution in [-0.2, 0) is 21.9 Å². The van der Waals surface area contributed by atoms with Gasteiger partial charge in [0.25, 0.3) is 5.91 Å². The zero-order valence-electron chi connectivity index (χ0n) is 19.5. The largest absolute Gasteiger partial charge is 0.497 e. The Kier molecular flexibility index (Phi) is 6.81. The van der Waals surface area contributed by atoms with Crippen molar-refractivity contribution in [3.8, 4) is 5.75 Å². The summed E-state index contributed by atoms with van der Waals surface area (Å²) >= 11 is 1.31. The van der Waals surface area contributed by atoms with Crippen LogP contribution < -0.4 is 10.1 Å². The van der Waals surface area contributed by atoms with E-state index < -0.39 is 11.9 Å². The maximum atomic E-state index is 14.2. The highest BCUT2D eigenvalue weighted by Gasteiger charge is 2.42. The molecule has 3 aromatic carbocycles. The first-order valence-corrected chi connectivity index (χ1v) is 12.4. The van der Waals surface area contributed by atoms with Crippen molar-refractivity contribution in [1.29, 1.82) is 0 Å². The molecule has 1 unspecified atom stereocenters. The Hall–Kier alpha value is -3.98. The van der Waals surface area contributed by atoms with Gasteiger partial charge in [-0.25, -0.2) is 9.38 Å². The van der Waals surface area contributed by atoms with Gasteiger partial charge in [0.05, 0.1) is 19.2 Å². The number of amides is 2. The van der Waals surface area contributed by atoms with Crippen molar-refractivity contribution in [3.05, 3.63) is 95.3 Å². The number of carbonyl (C=O) groups is 2.